The summed E-state index contributed by atoms with van der Waals surface area (Å²) in [7, 11) is -4.67. The van der Waals surface area contributed by atoms with Gasteiger partial charge in [0.25, 0.3) is 0 Å². The first kappa shape index (κ1) is 15.2. The molecule has 0 unspecified atom stereocenters. The van der Waals surface area contributed by atoms with E-state index in [1.54, 1.807) is 18.2 Å². The van der Waals surface area contributed by atoms with Crippen molar-refractivity contribution >= 4 is 16.2 Å². The van der Waals surface area contributed by atoms with Crippen molar-refractivity contribution in [2.45, 2.75) is 12.8 Å². The summed E-state index contributed by atoms with van der Waals surface area (Å²) in [6, 6.07) is 5.02. The molecule has 2 heterocycles. The Bertz CT molecular complexity index is 682. The number of benzene rings is 1. The first-order chi connectivity index (χ1) is 10.4. The smallest absolute Gasteiger partial charge is 0.374 e. The molecule has 0 radical (unpaired) electrons. The zero-order chi connectivity index (χ0) is 15.7. The van der Waals surface area contributed by atoms with Gasteiger partial charge in [-0.1, -0.05) is 3.89 Å². The van der Waals surface area contributed by atoms with Gasteiger partial charge in [0.05, 0.1) is 0 Å². The minimum atomic E-state index is -4.67. The highest BCUT2D eigenvalue weighted by atomic mass is 32.3. The van der Waals surface area contributed by atoms with Gasteiger partial charge in [0, 0.05) is 24.6 Å². The minimum Gasteiger partial charge on any atom is -0.486 e. The van der Waals surface area contributed by atoms with Crippen LogP contribution in [-0.4, -0.2) is 44.8 Å². The van der Waals surface area contributed by atoms with Crippen LogP contribution in [0.15, 0.2) is 18.2 Å². The lowest BCUT2D eigenvalue weighted by Crippen LogP contribution is -2.38. The van der Waals surface area contributed by atoms with E-state index >= 15 is 0 Å². The number of nitrogens with zero attached hydrogens (tertiary/aromatic N) is 1. The molecule has 22 heavy (non-hydrogen) atoms. The SMILES string of the molecule is O=C(c1ccc2c(c1)OCCO2)C1CCN(S(=O)(=O)F)CC1. The number of carbonyl (C=O) groups excluding carboxylic acids is 1. The van der Waals surface area contributed by atoms with Crippen LogP contribution >= 0.6 is 0 Å². The van der Waals surface area contributed by atoms with Crippen LogP contribution in [0.4, 0.5) is 3.89 Å². The predicted octanol–water partition coefficient (Wildman–Crippen LogP) is 1.57. The molecule has 6 nitrogen and oxygen atoms in total. The van der Waals surface area contributed by atoms with Gasteiger partial charge in [0.1, 0.15) is 13.2 Å². The molecule has 0 atom stereocenters. The molecule has 0 amide bonds. The highest BCUT2D eigenvalue weighted by Gasteiger charge is 2.31. The van der Waals surface area contributed by atoms with Crippen molar-refractivity contribution < 1.29 is 26.6 Å². The summed E-state index contributed by atoms with van der Waals surface area (Å²) in [5, 5.41) is 0. The first-order valence-electron chi connectivity index (χ1n) is 7.09. The number of ketones is 1. The number of carbonyl (C=O) groups is 1. The number of halogens is 1. The Kier molecular flexibility index (Phi) is 4.05. The third kappa shape index (κ3) is 3.07. The lowest BCUT2D eigenvalue weighted by Gasteiger charge is -2.28. The van der Waals surface area contributed by atoms with Gasteiger partial charge in [0.15, 0.2) is 17.3 Å². The van der Waals surface area contributed by atoms with Crippen LogP contribution in [0.5, 0.6) is 11.5 Å². The largest absolute Gasteiger partial charge is 0.486 e. The van der Waals surface area contributed by atoms with Crippen molar-refractivity contribution in [3.63, 3.8) is 0 Å². The fraction of sp³-hybridized carbons (Fsp3) is 0.500. The summed E-state index contributed by atoms with van der Waals surface area (Å²) >= 11 is 0. The molecule has 1 fully saturated rings. The first-order valence-corrected chi connectivity index (χ1v) is 8.43. The molecule has 0 bridgehead atoms. The Balaban J connectivity index is 1.70. The van der Waals surface area contributed by atoms with E-state index in [1.165, 1.54) is 0 Å². The fourth-order valence-corrected chi connectivity index (χ4v) is 3.42. The topological polar surface area (TPSA) is 72.9 Å². The van der Waals surface area contributed by atoms with Crippen LogP contribution in [0.2, 0.25) is 0 Å². The second kappa shape index (κ2) is 5.85. The number of Topliss-reactive ketones (excluding diaryl/α,β-unsaturated/α-hetero) is 1. The molecule has 8 heteroatoms. The van der Waals surface area contributed by atoms with Gasteiger partial charge >= 0.3 is 10.4 Å². The van der Waals surface area contributed by atoms with Gasteiger partial charge in [-0.25, -0.2) is 0 Å². The van der Waals surface area contributed by atoms with Crippen LogP contribution in [0.1, 0.15) is 23.2 Å². The summed E-state index contributed by atoms with van der Waals surface area (Å²) in [5.41, 5.74) is 0.505. The van der Waals surface area contributed by atoms with Gasteiger partial charge in [-0.2, -0.15) is 12.7 Å². The van der Waals surface area contributed by atoms with E-state index in [0.29, 0.717) is 43.1 Å². The second-order valence-corrected chi connectivity index (χ2v) is 6.68. The maximum Gasteiger partial charge on any atom is 0.374 e. The normalized spacial score (nSPS) is 19.9. The lowest BCUT2D eigenvalue weighted by molar-refractivity contribution is 0.0872. The highest BCUT2D eigenvalue weighted by Crippen LogP contribution is 2.32. The molecule has 120 valence electrons. The van der Waals surface area contributed by atoms with E-state index in [-0.39, 0.29) is 24.8 Å². The number of ether oxygens (including phenoxy) is 2. The monoisotopic (exact) mass is 329 g/mol. The standard InChI is InChI=1S/C14H16FNO5S/c15-22(18,19)16-5-3-10(4-6-16)14(17)11-1-2-12-13(9-11)21-8-7-20-12/h1-2,9-10H,3-8H2. The van der Waals surface area contributed by atoms with Crippen molar-refractivity contribution in [3.8, 4) is 11.5 Å². The molecule has 2 aliphatic rings. The molecular weight excluding hydrogens is 313 g/mol. The molecule has 1 saturated heterocycles. The van der Waals surface area contributed by atoms with E-state index in [0.717, 1.165) is 4.31 Å². The van der Waals surface area contributed by atoms with Gasteiger partial charge in [-0.15, -0.1) is 0 Å². The quantitative estimate of drug-likeness (QED) is 0.622. The van der Waals surface area contributed by atoms with Crippen molar-refractivity contribution in [2.24, 2.45) is 5.92 Å². The van der Waals surface area contributed by atoms with Crippen LogP contribution in [0.25, 0.3) is 0 Å². The van der Waals surface area contributed by atoms with Crippen molar-refractivity contribution in [3.05, 3.63) is 23.8 Å². The molecule has 0 aromatic heterocycles. The summed E-state index contributed by atoms with van der Waals surface area (Å²) in [6.45, 7) is 0.980. The van der Waals surface area contributed by atoms with Gasteiger partial charge < -0.3 is 9.47 Å². The van der Waals surface area contributed by atoms with E-state index in [9.17, 15) is 17.1 Å². The molecule has 1 aromatic rings. The summed E-state index contributed by atoms with van der Waals surface area (Å²) in [4.78, 5) is 12.5. The average molecular weight is 329 g/mol. The molecule has 0 N–H and O–H groups in total. The maximum atomic E-state index is 12.9. The highest BCUT2D eigenvalue weighted by molar-refractivity contribution is 7.83. The maximum absolute atomic E-state index is 12.9. The van der Waals surface area contributed by atoms with Crippen molar-refractivity contribution in [1.82, 2.24) is 4.31 Å². The van der Waals surface area contributed by atoms with E-state index in [1.807, 2.05) is 0 Å². The van der Waals surface area contributed by atoms with Gasteiger partial charge in [0.2, 0.25) is 0 Å². The van der Waals surface area contributed by atoms with E-state index in [2.05, 4.69) is 0 Å². The summed E-state index contributed by atoms with van der Waals surface area (Å²) < 4.78 is 46.2. The van der Waals surface area contributed by atoms with Crippen molar-refractivity contribution in [1.29, 1.82) is 0 Å². The number of hydrogen-bond donors (Lipinski definition) is 0. The molecule has 1 aromatic carbocycles. The predicted molar refractivity (Wildman–Crippen MR) is 76.1 cm³/mol. The molecule has 2 aliphatic heterocycles. The molecule has 3 rings (SSSR count). The lowest BCUT2D eigenvalue weighted by atomic mass is 9.89. The number of fused-ring (bicyclic) bond motifs is 1. The molecule has 0 spiro atoms. The average Bonchev–Trinajstić information content (AvgIpc) is 2.53. The molecular formula is C14H16FNO5S. The Labute approximate surface area is 128 Å². The zero-order valence-corrected chi connectivity index (χ0v) is 12.6. The number of rotatable bonds is 3. The van der Waals surface area contributed by atoms with Crippen LogP contribution < -0.4 is 9.47 Å². The number of piperidine rings is 1. The number of hydrogen-bond acceptors (Lipinski definition) is 5. The van der Waals surface area contributed by atoms with E-state index < -0.39 is 10.4 Å². The van der Waals surface area contributed by atoms with E-state index in [4.69, 9.17) is 9.47 Å². The Hall–Kier alpha value is -1.67. The van der Waals surface area contributed by atoms with Crippen molar-refractivity contribution in [2.75, 3.05) is 26.3 Å². The van der Waals surface area contributed by atoms with Crippen LogP contribution in [0.3, 0.4) is 0 Å². The summed E-state index contributed by atoms with van der Waals surface area (Å²) in [5.74, 6) is 0.774. The third-order valence-corrected chi connectivity index (χ3v) is 4.94. The Morgan fingerprint density at radius 2 is 1.77 bits per heavy atom. The van der Waals surface area contributed by atoms with Gasteiger partial charge in [-0.05, 0) is 31.0 Å². The molecule has 0 aliphatic carbocycles. The minimum absolute atomic E-state index is 0.0276. The van der Waals surface area contributed by atoms with Crippen LogP contribution in [0, 0.1) is 5.92 Å². The zero-order valence-electron chi connectivity index (χ0n) is 11.8. The van der Waals surface area contributed by atoms with Crippen LogP contribution in [-0.2, 0) is 10.4 Å². The Morgan fingerprint density at radius 1 is 1.14 bits per heavy atom. The summed E-state index contributed by atoms with van der Waals surface area (Å²) in [6.07, 6.45) is 0.632. The molecule has 0 saturated carbocycles. The second-order valence-electron chi connectivity index (χ2n) is 5.34. The third-order valence-electron chi connectivity index (χ3n) is 3.96. The Morgan fingerprint density at radius 3 is 2.41 bits per heavy atom. The fourth-order valence-electron chi connectivity index (χ4n) is 2.77. The van der Waals surface area contributed by atoms with Gasteiger partial charge in [-0.3, -0.25) is 4.79 Å².